The maximum Gasteiger partial charge on any atom is 0.269 e. The second-order valence-electron chi connectivity index (χ2n) is 4.80. The van der Waals surface area contributed by atoms with Crippen molar-refractivity contribution in [2.75, 3.05) is 0 Å². The van der Waals surface area contributed by atoms with Crippen molar-refractivity contribution < 1.29 is 9.85 Å². The molecule has 2 rings (SSSR count). The van der Waals surface area contributed by atoms with E-state index in [2.05, 4.69) is 20.7 Å². The molecule has 0 radical (unpaired) electrons. The molecule has 0 aromatic heterocycles. The van der Waals surface area contributed by atoms with Crippen LogP contribution in [-0.2, 0) is 0 Å². The van der Waals surface area contributed by atoms with E-state index in [1.54, 1.807) is 0 Å². The molecule has 0 aliphatic carbocycles. The molecule has 0 saturated carbocycles. The van der Waals surface area contributed by atoms with Crippen LogP contribution in [0.2, 0.25) is 0 Å². The van der Waals surface area contributed by atoms with Crippen LogP contribution in [0, 0.1) is 20.2 Å². The van der Waals surface area contributed by atoms with Crippen molar-refractivity contribution in [3.63, 3.8) is 0 Å². The third kappa shape index (κ3) is 5.49. The van der Waals surface area contributed by atoms with Gasteiger partial charge < -0.3 is 5.73 Å². The van der Waals surface area contributed by atoms with E-state index < -0.39 is 9.85 Å². The lowest BCUT2D eigenvalue weighted by atomic mass is 10.2. The molecule has 2 aromatic carbocycles. The van der Waals surface area contributed by atoms with Crippen molar-refractivity contribution in [1.29, 1.82) is 0 Å². The first-order valence-electron chi connectivity index (χ1n) is 7.10. The third-order valence-corrected chi connectivity index (χ3v) is 2.97. The summed E-state index contributed by atoms with van der Waals surface area (Å²) in [7, 11) is 0. The van der Waals surface area contributed by atoms with Gasteiger partial charge in [-0.3, -0.25) is 20.2 Å². The predicted octanol–water partition coefficient (Wildman–Crippen LogP) is 1.78. The fourth-order valence-electron chi connectivity index (χ4n) is 1.72. The summed E-state index contributed by atoms with van der Waals surface area (Å²) >= 11 is 0. The minimum atomic E-state index is -0.496. The molecular weight excluding hydrogens is 342 g/mol. The van der Waals surface area contributed by atoms with Gasteiger partial charge in [-0.15, -0.1) is 5.10 Å². The Labute approximate surface area is 146 Å². The van der Waals surface area contributed by atoms with Crippen LogP contribution < -0.4 is 11.2 Å². The topological polar surface area (TPSA) is 161 Å². The van der Waals surface area contributed by atoms with Crippen molar-refractivity contribution in [3.05, 3.63) is 79.9 Å². The first kappa shape index (κ1) is 18.2. The van der Waals surface area contributed by atoms with Gasteiger partial charge in [0.15, 0.2) is 0 Å². The van der Waals surface area contributed by atoms with E-state index in [1.165, 1.54) is 61.0 Å². The summed E-state index contributed by atoms with van der Waals surface area (Å²) in [5.41, 5.74) is 9.21. The van der Waals surface area contributed by atoms with Gasteiger partial charge in [-0.25, -0.2) is 5.43 Å². The maximum absolute atomic E-state index is 10.5. The zero-order chi connectivity index (χ0) is 18.9. The summed E-state index contributed by atoms with van der Waals surface area (Å²) in [5, 5.41) is 32.3. The second kappa shape index (κ2) is 8.63. The molecule has 0 fully saturated rings. The number of hydrazone groups is 1. The maximum atomic E-state index is 10.5. The van der Waals surface area contributed by atoms with E-state index >= 15 is 0 Å². The Kier molecular flexibility index (Phi) is 6.04. The van der Waals surface area contributed by atoms with Gasteiger partial charge in [0.25, 0.3) is 11.4 Å². The Morgan fingerprint density at radius 2 is 1.35 bits per heavy atom. The number of guanidine groups is 1. The lowest BCUT2D eigenvalue weighted by Gasteiger charge is -1.96. The molecule has 0 bridgehead atoms. The number of non-ortho nitro benzene ring substituents is 2. The van der Waals surface area contributed by atoms with Gasteiger partial charge in [0, 0.05) is 24.3 Å². The molecule has 11 heteroatoms. The molecule has 0 amide bonds. The van der Waals surface area contributed by atoms with Crippen LogP contribution in [0.3, 0.4) is 0 Å². The summed E-state index contributed by atoms with van der Waals surface area (Å²) in [6.45, 7) is 0. The van der Waals surface area contributed by atoms with Crippen molar-refractivity contribution in [1.82, 2.24) is 5.43 Å². The highest BCUT2D eigenvalue weighted by Gasteiger charge is 2.03. The molecule has 0 aliphatic heterocycles. The van der Waals surface area contributed by atoms with Gasteiger partial charge in [0.1, 0.15) is 0 Å². The lowest BCUT2D eigenvalue weighted by molar-refractivity contribution is -0.385. The van der Waals surface area contributed by atoms with Gasteiger partial charge in [0.2, 0.25) is 5.96 Å². The van der Waals surface area contributed by atoms with Gasteiger partial charge in [-0.05, 0) is 35.4 Å². The third-order valence-electron chi connectivity index (χ3n) is 2.97. The van der Waals surface area contributed by atoms with Crippen molar-refractivity contribution in [2.24, 2.45) is 21.0 Å². The average molecular weight is 355 g/mol. The van der Waals surface area contributed by atoms with E-state index in [0.29, 0.717) is 11.1 Å². The Balaban J connectivity index is 1.89. The van der Waals surface area contributed by atoms with Crippen LogP contribution in [0.1, 0.15) is 11.1 Å². The average Bonchev–Trinajstić information content (AvgIpc) is 2.62. The van der Waals surface area contributed by atoms with Crippen LogP contribution in [0.25, 0.3) is 0 Å². The molecule has 3 N–H and O–H groups in total. The van der Waals surface area contributed by atoms with Crippen LogP contribution in [0.5, 0.6) is 0 Å². The summed E-state index contributed by atoms with van der Waals surface area (Å²) in [6, 6.07) is 11.5. The molecule has 2 aromatic rings. The number of nitro groups is 2. The van der Waals surface area contributed by atoms with E-state index in [-0.39, 0.29) is 17.3 Å². The van der Waals surface area contributed by atoms with E-state index in [4.69, 9.17) is 5.73 Å². The van der Waals surface area contributed by atoms with Crippen molar-refractivity contribution in [3.8, 4) is 0 Å². The van der Waals surface area contributed by atoms with E-state index in [1.807, 2.05) is 0 Å². The molecule has 132 valence electrons. The largest absolute Gasteiger partial charge is 0.367 e. The Bertz CT molecular complexity index is 874. The first-order chi connectivity index (χ1) is 12.5. The van der Waals surface area contributed by atoms with Crippen molar-refractivity contribution >= 4 is 29.8 Å². The number of rotatable bonds is 6. The zero-order valence-corrected chi connectivity index (χ0v) is 13.2. The quantitative estimate of drug-likeness (QED) is 0.347. The lowest BCUT2D eigenvalue weighted by Crippen LogP contribution is -2.26. The Morgan fingerprint density at radius 1 is 0.885 bits per heavy atom. The summed E-state index contributed by atoms with van der Waals surface area (Å²) in [4.78, 5) is 20.1. The van der Waals surface area contributed by atoms with Crippen LogP contribution >= 0.6 is 0 Å². The van der Waals surface area contributed by atoms with Crippen LogP contribution in [0.4, 0.5) is 11.4 Å². The van der Waals surface area contributed by atoms with Gasteiger partial charge in [-0.1, -0.05) is 0 Å². The first-order valence-corrected chi connectivity index (χ1v) is 7.10. The standard InChI is InChI=1S/C15H13N7O4/c16-15(19-17-9-11-1-5-13(6-2-11)21(23)24)20-18-10-12-3-7-14(8-4-12)22(25)26/h1-10H,(H3,16,19,20)/b17-9+,18-10+. The molecule has 11 nitrogen and oxygen atoms in total. The molecule has 0 spiro atoms. The summed E-state index contributed by atoms with van der Waals surface area (Å²) in [6.07, 6.45) is 2.78. The van der Waals surface area contributed by atoms with E-state index in [0.717, 1.165) is 0 Å². The molecule has 0 unspecified atom stereocenters. The Hall–Kier alpha value is -4.15. The van der Waals surface area contributed by atoms with Gasteiger partial charge in [-0.2, -0.15) is 10.2 Å². The fourth-order valence-corrected chi connectivity index (χ4v) is 1.72. The number of nitro benzene ring substituents is 2. The smallest absolute Gasteiger partial charge is 0.269 e. The van der Waals surface area contributed by atoms with E-state index in [9.17, 15) is 20.2 Å². The highest BCUT2D eigenvalue weighted by Crippen LogP contribution is 2.11. The molecule has 0 saturated heterocycles. The molecular formula is C15H13N7O4. The number of nitrogens with zero attached hydrogens (tertiary/aromatic N) is 5. The second-order valence-corrected chi connectivity index (χ2v) is 4.80. The summed E-state index contributed by atoms with van der Waals surface area (Å²) < 4.78 is 0. The zero-order valence-electron chi connectivity index (χ0n) is 13.2. The number of benzene rings is 2. The SMILES string of the molecule is NC(=N/N=C/c1ccc([N+](=O)[O-])cc1)N/N=C/c1ccc([N+](=O)[O-])cc1. The highest BCUT2D eigenvalue weighted by atomic mass is 16.6. The number of nitrogens with two attached hydrogens (primary N) is 1. The molecule has 0 atom stereocenters. The van der Waals surface area contributed by atoms with Gasteiger partial charge in [0.05, 0.1) is 22.3 Å². The van der Waals surface area contributed by atoms with Gasteiger partial charge >= 0.3 is 0 Å². The minimum absolute atomic E-state index is 0.0169. The Morgan fingerprint density at radius 3 is 1.81 bits per heavy atom. The summed E-state index contributed by atoms with van der Waals surface area (Å²) in [5.74, 6) is -0.0821. The predicted molar refractivity (Wildman–Crippen MR) is 96.1 cm³/mol. The number of hydrogen-bond donors (Lipinski definition) is 2. The normalized spacial score (nSPS) is 11.8. The van der Waals surface area contributed by atoms with Crippen LogP contribution in [0.15, 0.2) is 63.8 Å². The number of hydrogen-bond acceptors (Lipinski definition) is 7. The van der Waals surface area contributed by atoms with Crippen LogP contribution in [-0.4, -0.2) is 28.2 Å². The monoisotopic (exact) mass is 355 g/mol. The number of nitrogens with one attached hydrogen (secondary N) is 1. The fraction of sp³-hybridized carbons (Fsp3) is 0. The minimum Gasteiger partial charge on any atom is -0.367 e. The van der Waals surface area contributed by atoms with Crippen molar-refractivity contribution in [2.45, 2.75) is 0 Å². The molecule has 0 aliphatic rings. The molecule has 0 heterocycles. The highest BCUT2D eigenvalue weighted by molar-refractivity contribution is 5.84. The molecule has 26 heavy (non-hydrogen) atoms.